The van der Waals surface area contributed by atoms with Crippen LogP contribution >= 0.6 is 0 Å². The largest absolute Gasteiger partial charge is 0.461 e. The van der Waals surface area contributed by atoms with Gasteiger partial charge in [0.05, 0.1) is 23.3 Å². The van der Waals surface area contributed by atoms with E-state index in [2.05, 4.69) is 81.5 Å². The molecule has 2 aliphatic heterocycles. The van der Waals surface area contributed by atoms with Crippen LogP contribution < -0.4 is 14.5 Å². The van der Waals surface area contributed by atoms with Crippen LogP contribution in [0, 0.1) is 0 Å². The number of nitrogens with zero attached hydrogens (tertiary/aromatic N) is 6. The van der Waals surface area contributed by atoms with Gasteiger partial charge in [0, 0.05) is 34.9 Å². The molecular formula is C50H32N6O4. The van der Waals surface area contributed by atoms with Crippen molar-refractivity contribution in [2.45, 2.75) is 0 Å². The van der Waals surface area contributed by atoms with Gasteiger partial charge in [-0.05, 0) is 106 Å². The highest BCUT2D eigenvalue weighted by molar-refractivity contribution is 6.17. The SMILES string of the molecule is C=C/C=C\C1=CN(c2cc(-c3nc4ncccc4o3)c3ccc4c(-c5nc6ncccc6o5)cc(N5c6ccccc6Oc6ccccc65)cc4c3c2)C(/C=C\C=C)=CO1. The van der Waals surface area contributed by atoms with Crippen molar-refractivity contribution in [2.75, 3.05) is 9.80 Å². The average molecular weight is 781 g/mol. The molecule has 10 nitrogen and oxygen atoms in total. The normalized spacial score (nSPS) is 13.7. The van der Waals surface area contributed by atoms with Crippen molar-refractivity contribution in [1.29, 1.82) is 0 Å². The van der Waals surface area contributed by atoms with Crippen LogP contribution in [0.5, 0.6) is 11.5 Å². The molecule has 11 rings (SSSR count). The van der Waals surface area contributed by atoms with Gasteiger partial charge in [0.25, 0.3) is 0 Å². The zero-order valence-corrected chi connectivity index (χ0v) is 31.9. The Labute approximate surface area is 343 Å². The number of allylic oxidation sites excluding steroid dienone is 6. The van der Waals surface area contributed by atoms with E-state index >= 15 is 0 Å². The first-order valence-corrected chi connectivity index (χ1v) is 19.2. The van der Waals surface area contributed by atoms with E-state index in [1.54, 1.807) is 30.8 Å². The Morgan fingerprint density at radius 2 is 1.13 bits per heavy atom. The molecule has 10 heteroatoms. The molecule has 9 aromatic rings. The van der Waals surface area contributed by atoms with Gasteiger partial charge >= 0.3 is 0 Å². The maximum absolute atomic E-state index is 6.48. The van der Waals surface area contributed by atoms with E-state index in [-0.39, 0.29) is 0 Å². The third-order valence-electron chi connectivity index (χ3n) is 10.4. The number of ether oxygens (including phenoxy) is 2. The van der Waals surface area contributed by atoms with Gasteiger partial charge in [-0.3, -0.25) is 0 Å². The lowest BCUT2D eigenvalue weighted by Gasteiger charge is -2.33. The van der Waals surface area contributed by atoms with E-state index in [0.29, 0.717) is 40.0 Å². The summed E-state index contributed by atoms with van der Waals surface area (Å²) in [5, 5.41) is 3.70. The number of rotatable bonds is 8. The number of pyridine rings is 2. The molecule has 0 saturated carbocycles. The molecule has 0 unspecified atom stereocenters. The standard InChI is InChI=1S/C50H32N6O4/c1-3-5-13-31-30-57-34(14-6-4-2)29-55(31)32-25-37-35(39(26-32)49-53-47-45(59-49)19-11-23-51-47)21-22-36-38(37)27-33(28-40(36)50-54-48-46(60-50)20-12-24-52-48)56-41-15-7-9-17-43(41)58-44-18-10-8-16-42(44)56/h3-30H,1-2H2/b13-5-,14-6-. The molecule has 4 aromatic heterocycles. The minimum absolute atomic E-state index is 0.434. The van der Waals surface area contributed by atoms with E-state index in [1.165, 1.54) is 0 Å². The number of para-hydroxylation sites is 4. The highest BCUT2D eigenvalue weighted by Gasteiger charge is 2.28. The molecule has 0 spiro atoms. The Kier molecular flexibility index (Phi) is 8.19. The maximum atomic E-state index is 6.48. The number of anilines is 4. The van der Waals surface area contributed by atoms with Crippen LogP contribution in [0.1, 0.15) is 0 Å². The molecule has 0 radical (unpaired) electrons. The summed E-state index contributed by atoms with van der Waals surface area (Å²) in [7, 11) is 0. The van der Waals surface area contributed by atoms with Gasteiger partial charge in [0.15, 0.2) is 34.0 Å². The summed E-state index contributed by atoms with van der Waals surface area (Å²) < 4.78 is 25.4. The smallest absolute Gasteiger partial charge is 0.229 e. The van der Waals surface area contributed by atoms with E-state index in [9.17, 15) is 0 Å². The Morgan fingerprint density at radius 1 is 0.567 bits per heavy atom. The van der Waals surface area contributed by atoms with E-state index in [0.717, 1.165) is 72.6 Å². The molecular weight excluding hydrogens is 749 g/mol. The van der Waals surface area contributed by atoms with E-state index in [4.69, 9.17) is 28.3 Å². The molecule has 2 aliphatic rings. The first kappa shape index (κ1) is 34.7. The number of fused-ring (bicyclic) bond motifs is 7. The summed E-state index contributed by atoms with van der Waals surface area (Å²) in [5.41, 5.74) is 8.05. The predicted octanol–water partition coefficient (Wildman–Crippen LogP) is 13.0. The second-order valence-electron chi connectivity index (χ2n) is 14.1. The fourth-order valence-electron chi connectivity index (χ4n) is 7.79. The lowest BCUT2D eigenvalue weighted by Crippen LogP contribution is -2.19. The summed E-state index contributed by atoms with van der Waals surface area (Å²) in [4.78, 5) is 23.1. The topological polar surface area (TPSA) is 103 Å². The number of benzene rings is 5. The van der Waals surface area contributed by atoms with Gasteiger partial charge in [0.2, 0.25) is 11.8 Å². The molecule has 0 atom stereocenters. The quantitative estimate of drug-likeness (QED) is 0.109. The van der Waals surface area contributed by atoms with Crippen molar-refractivity contribution >= 4 is 66.8 Å². The highest BCUT2D eigenvalue weighted by Crippen LogP contribution is 2.52. The van der Waals surface area contributed by atoms with Crippen molar-refractivity contribution in [3.05, 3.63) is 195 Å². The number of aromatic nitrogens is 4. The van der Waals surface area contributed by atoms with Gasteiger partial charge in [-0.1, -0.05) is 73.9 Å². The van der Waals surface area contributed by atoms with Crippen LogP contribution in [0.2, 0.25) is 0 Å². The molecule has 0 aliphatic carbocycles. The minimum atomic E-state index is 0.434. The molecule has 286 valence electrons. The zero-order valence-electron chi connectivity index (χ0n) is 31.9. The minimum Gasteiger partial charge on any atom is -0.461 e. The summed E-state index contributed by atoms with van der Waals surface area (Å²) in [6.07, 6.45) is 18.0. The van der Waals surface area contributed by atoms with Crippen LogP contribution in [-0.2, 0) is 4.74 Å². The molecule has 0 fully saturated rings. The van der Waals surface area contributed by atoms with Crippen LogP contribution in [0.4, 0.5) is 22.7 Å². The summed E-state index contributed by atoms with van der Waals surface area (Å²) >= 11 is 0. The highest BCUT2D eigenvalue weighted by atomic mass is 16.5. The number of hydrogen-bond acceptors (Lipinski definition) is 10. The van der Waals surface area contributed by atoms with Crippen molar-refractivity contribution in [2.24, 2.45) is 0 Å². The maximum Gasteiger partial charge on any atom is 0.229 e. The van der Waals surface area contributed by atoms with E-state index < -0.39 is 0 Å². The summed E-state index contributed by atoms with van der Waals surface area (Å²) in [6.45, 7) is 7.75. The molecule has 0 bridgehead atoms. The predicted molar refractivity (Wildman–Crippen MR) is 236 cm³/mol. The first-order valence-electron chi connectivity index (χ1n) is 19.2. The van der Waals surface area contributed by atoms with Gasteiger partial charge in [0.1, 0.15) is 12.0 Å². The lowest BCUT2D eigenvalue weighted by molar-refractivity contribution is 0.355. The molecule has 60 heavy (non-hydrogen) atoms. The van der Waals surface area contributed by atoms with Crippen LogP contribution in [0.15, 0.2) is 204 Å². The van der Waals surface area contributed by atoms with Crippen molar-refractivity contribution in [3.8, 4) is 34.4 Å². The van der Waals surface area contributed by atoms with Crippen LogP contribution in [-0.4, -0.2) is 19.9 Å². The number of hydrogen-bond donors (Lipinski definition) is 0. The second-order valence-corrected chi connectivity index (χ2v) is 14.1. The fourth-order valence-corrected chi connectivity index (χ4v) is 7.79. The Bertz CT molecular complexity index is 3240. The lowest BCUT2D eigenvalue weighted by atomic mass is 9.93. The number of oxazole rings is 2. The molecule has 0 saturated heterocycles. The Balaban J connectivity index is 1.24. The van der Waals surface area contributed by atoms with Crippen molar-refractivity contribution < 1.29 is 18.3 Å². The van der Waals surface area contributed by atoms with Crippen molar-refractivity contribution in [1.82, 2.24) is 19.9 Å². The van der Waals surface area contributed by atoms with E-state index in [1.807, 2.05) is 91.2 Å². The third kappa shape index (κ3) is 5.82. The van der Waals surface area contributed by atoms with Gasteiger partial charge in [-0.25, -0.2) is 9.97 Å². The third-order valence-corrected chi connectivity index (χ3v) is 10.4. The molecule has 5 aromatic carbocycles. The average Bonchev–Trinajstić information content (AvgIpc) is 3.94. The molecule has 0 N–H and O–H groups in total. The van der Waals surface area contributed by atoms with Gasteiger partial charge < -0.3 is 28.1 Å². The fraction of sp³-hybridized carbons (Fsp3) is 0. The van der Waals surface area contributed by atoms with Crippen LogP contribution in [0.25, 0.3) is 66.9 Å². The monoisotopic (exact) mass is 780 g/mol. The molecule has 6 heterocycles. The second kappa shape index (κ2) is 14.2. The first-order chi connectivity index (χ1) is 29.6. The van der Waals surface area contributed by atoms with Gasteiger partial charge in [-0.15, -0.1) is 0 Å². The Morgan fingerprint density at radius 3 is 1.73 bits per heavy atom. The Hall–Kier alpha value is -8.50. The van der Waals surface area contributed by atoms with Crippen molar-refractivity contribution in [3.63, 3.8) is 0 Å². The van der Waals surface area contributed by atoms with Crippen LogP contribution in [0.3, 0.4) is 0 Å². The van der Waals surface area contributed by atoms with Gasteiger partial charge in [-0.2, -0.15) is 9.97 Å². The molecule has 0 amide bonds. The summed E-state index contributed by atoms with van der Waals surface area (Å²) in [6, 6.07) is 36.3. The zero-order chi connectivity index (χ0) is 40.2. The summed E-state index contributed by atoms with van der Waals surface area (Å²) in [5.74, 6) is 2.98.